The van der Waals surface area contributed by atoms with E-state index in [1.165, 1.54) is 0 Å². The van der Waals surface area contributed by atoms with Crippen LogP contribution in [0.25, 0.3) is 0 Å². The number of thiazole rings is 1. The van der Waals surface area contributed by atoms with Gasteiger partial charge in [0.2, 0.25) is 0 Å². The van der Waals surface area contributed by atoms with Crippen molar-refractivity contribution in [3.05, 3.63) is 44.8 Å². The first kappa shape index (κ1) is 13.8. The fourth-order valence-electron chi connectivity index (χ4n) is 1.94. The van der Waals surface area contributed by atoms with Gasteiger partial charge < -0.3 is 9.88 Å². The summed E-state index contributed by atoms with van der Waals surface area (Å²) in [5.41, 5.74) is 2.03. The third kappa shape index (κ3) is 3.44. The van der Waals surface area contributed by atoms with E-state index in [1.54, 1.807) is 22.0 Å². The van der Waals surface area contributed by atoms with E-state index < -0.39 is 0 Å². The number of aromatic nitrogens is 2. The van der Waals surface area contributed by atoms with Gasteiger partial charge in [0, 0.05) is 24.2 Å². The van der Waals surface area contributed by atoms with Crippen molar-refractivity contribution in [3.8, 4) is 0 Å². The molecular weight excluding hydrogens is 258 g/mol. The van der Waals surface area contributed by atoms with Crippen LogP contribution in [0, 0.1) is 6.92 Å². The van der Waals surface area contributed by atoms with E-state index in [4.69, 9.17) is 0 Å². The lowest BCUT2D eigenvalue weighted by atomic mass is 10.2. The van der Waals surface area contributed by atoms with Gasteiger partial charge in [-0.2, -0.15) is 0 Å². The van der Waals surface area contributed by atoms with Crippen molar-refractivity contribution in [2.75, 3.05) is 5.32 Å². The van der Waals surface area contributed by atoms with E-state index in [2.05, 4.69) is 29.5 Å². The van der Waals surface area contributed by atoms with Gasteiger partial charge in [-0.15, -0.1) is 11.3 Å². The number of hydrogen-bond acceptors (Lipinski definition) is 4. The first-order valence-corrected chi connectivity index (χ1v) is 7.37. The number of anilines is 1. The molecule has 19 heavy (non-hydrogen) atoms. The lowest BCUT2D eigenvalue weighted by Gasteiger charge is -2.14. The predicted molar refractivity (Wildman–Crippen MR) is 79.9 cm³/mol. The third-order valence-corrected chi connectivity index (χ3v) is 3.70. The zero-order chi connectivity index (χ0) is 13.8. The highest BCUT2D eigenvalue weighted by molar-refractivity contribution is 7.09. The van der Waals surface area contributed by atoms with Gasteiger partial charge in [-0.05, 0) is 26.3 Å². The summed E-state index contributed by atoms with van der Waals surface area (Å²) in [6, 6.07) is 3.57. The van der Waals surface area contributed by atoms with Gasteiger partial charge >= 0.3 is 0 Å². The van der Waals surface area contributed by atoms with Crippen LogP contribution in [0.15, 0.2) is 28.5 Å². The molecule has 0 amide bonds. The van der Waals surface area contributed by atoms with E-state index >= 15 is 0 Å². The largest absolute Gasteiger partial charge is 0.376 e. The second-order valence-electron chi connectivity index (χ2n) is 4.61. The molecule has 0 aromatic carbocycles. The Hall–Kier alpha value is -1.62. The Kier molecular flexibility index (Phi) is 4.37. The summed E-state index contributed by atoms with van der Waals surface area (Å²) in [5.74, 6) is 0. The predicted octanol–water partition coefficient (Wildman–Crippen LogP) is 3.20. The molecular formula is C14H19N3OS. The van der Waals surface area contributed by atoms with Crippen molar-refractivity contribution in [3.63, 3.8) is 0 Å². The first-order chi connectivity index (χ1) is 9.10. The molecule has 4 nitrogen and oxygen atoms in total. The van der Waals surface area contributed by atoms with Crippen LogP contribution in [0.5, 0.6) is 0 Å². The van der Waals surface area contributed by atoms with Crippen molar-refractivity contribution in [1.82, 2.24) is 9.55 Å². The average molecular weight is 277 g/mol. The third-order valence-electron chi connectivity index (χ3n) is 2.91. The molecule has 2 aromatic heterocycles. The Morgan fingerprint density at radius 3 is 2.89 bits per heavy atom. The average Bonchev–Trinajstić information content (AvgIpc) is 2.80. The lowest BCUT2D eigenvalue weighted by Crippen LogP contribution is -2.19. The molecule has 102 valence electrons. The van der Waals surface area contributed by atoms with E-state index in [0.29, 0.717) is 0 Å². The molecule has 1 N–H and O–H groups in total. The van der Waals surface area contributed by atoms with E-state index in [-0.39, 0.29) is 11.6 Å². The van der Waals surface area contributed by atoms with E-state index in [0.717, 1.165) is 29.4 Å². The summed E-state index contributed by atoms with van der Waals surface area (Å²) in [7, 11) is 0. The highest BCUT2D eigenvalue weighted by Crippen LogP contribution is 2.20. The van der Waals surface area contributed by atoms with Gasteiger partial charge in [0.15, 0.2) is 0 Å². The van der Waals surface area contributed by atoms with Crippen LogP contribution in [-0.4, -0.2) is 9.55 Å². The Morgan fingerprint density at radius 2 is 2.26 bits per heavy atom. The Bertz CT molecular complexity index is 603. The van der Waals surface area contributed by atoms with Gasteiger partial charge in [0.1, 0.15) is 0 Å². The summed E-state index contributed by atoms with van der Waals surface area (Å²) in [5, 5.41) is 6.52. The highest BCUT2D eigenvalue weighted by atomic mass is 32.1. The standard InChI is InChI=1S/C14H19N3OS/c1-4-7-17-8-12(5-6-14(17)18)15-10(2)13-9-19-11(3)16-13/h5-6,8-10,15H,4,7H2,1-3H3. The molecule has 0 aliphatic carbocycles. The number of hydrogen-bond donors (Lipinski definition) is 1. The molecule has 2 aromatic rings. The van der Waals surface area contributed by atoms with E-state index in [9.17, 15) is 4.79 Å². The van der Waals surface area contributed by atoms with E-state index in [1.807, 2.05) is 19.2 Å². The fourth-order valence-corrected chi connectivity index (χ4v) is 2.64. The fraction of sp³-hybridized carbons (Fsp3) is 0.429. The smallest absolute Gasteiger partial charge is 0.250 e. The summed E-state index contributed by atoms with van der Waals surface area (Å²) in [6.45, 7) is 6.89. The topological polar surface area (TPSA) is 46.9 Å². The number of nitrogens with zero attached hydrogens (tertiary/aromatic N) is 2. The molecule has 0 aliphatic rings. The molecule has 1 atom stereocenters. The van der Waals surface area contributed by atoms with Gasteiger partial charge in [-0.25, -0.2) is 4.98 Å². The Balaban J connectivity index is 2.14. The second kappa shape index (κ2) is 6.02. The Labute approximate surface area is 117 Å². The van der Waals surface area contributed by atoms with Gasteiger partial charge in [0.25, 0.3) is 5.56 Å². The molecule has 5 heteroatoms. The molecule has 2 rings (SSSR count). The highest BCUT2D eigenvalue weighted by Gasteiger charge is 2.09. The molecule has 0 bridgehead atoms. The molecule has 0 radical (unpaired) electrons. The SMILES string of the molecule is CCCn1cc(NC(C)c2csc(C)n2)ccc1=O. The number of rotatable bonds is 5. The van der Waals surface area contributed by atoms with Crippen LogP contribution in [0.2, 0.25) is 0 Å². The minimum atomic E-state index is 0.0459. The summed E-state index contributed by atoms with van der Waals surface area (Å²) < 4.78 is 1.74. The normalized spacial score (nSPS) is 12.4. The van der Waals surface area contributed by atoms with Gasteiger partial charge in [-0.3, -0.25) is 4.79 Å². The molecule has 0 spiro atoms. The molecule has 0 aliphatic heterocycles. The van der Waals surface area contributed by atoms with Crippen molar-refractivity contribution in [1.29, 1.82) is 0 Å². The Morgan fingerprint density at radius 1 is 1.47 bits per heavy atom. The van der Waals surface area contributed by atoms with Gasteiger partial charge in [-0.1, -0.05) is 6.92 Å². The van der Waals surface area contributed by atoms with Crippen LogP contribution < -0.4 is 10.9 Å². The zero-order valence-corrected chi connectivity index (χ0v) is 12.3. The molecule has 0 saturated heterocycles. The molecule has 0 fully saturated rings. The number of aryl methyl sites for hydroxylation is 2. The zero-order valence-electron chi connectivity index (χ0n) is 11.5. The summed E-state index contributed by atoms with van der Waals surface area (Å²) in [6.07, 6.45) is 2.83. The number of pyridine rings is 1. The minimum absolute atomic E-state index is 0.0459. The number of nitrogens with one attached hydrogen (secondary N) is 1. The van der Waals surface area contributed by atoms with Crippen molar-refractivity contribution >= 4 is 17.0 Å². The molecule has 1 unspecified atom stereocenters. The molecule has 2 heterocycles. The maximum absolute atomic E-state index is 11.6. The van der Waals surface area contributed by atoms with Crippen LogP contribution in [0.1, 0.15) is 37.0 Å². The quantitative estimate of drug-likeness (QED) is 0.913. The second-order valence-corrected chi connectivity index (χ2v) is 5.67. The van der Waals surface area contributed by atoms with Gasteiger partial charge in [0.05, 0.1) is 22.4 Å². The van der Waals surface area contributed by atoms with Crippen molar-refractivity contribution in [2.45, 2.75) is 39.8 Å². The summed E-state index contributed by atoms with van der Waals surface area (Å²) >= 11 is 1.65. The first-order valence-electron chi connectivity index (χ1n) is 6.49. The monoisotopic (exact) mass is 277 g/mol. The van der Waals surface area contributed by atoms with Crippen LogP contribution in [0.3, 0.4) is 0 Å². The minimum Gasteiger partial charge on any atom is -0.376 e. The van der Waals surface area contributed by atoms with Crippen LogP contribution >= 0.6 is 11.3 Å². The molecule has 0 saturated carbocycles. The van der Waals surface area contributed by atoms with Crippen LogP contribution in [-0.2, 0) is 6.54 Å². The maximum Gasteiger partial charge on any atom is 0.250 e. The van der Waals surface area contributed by atoms with Crippen LogP contribution in [0.4, 0.5) is 5.69 Å². The summed E-state index contributed by atoms with van der Waals surface area (Å²) in [4.78, 5) is 16.1. The lowest BCUT2D eigenvalue weighted by molar-refractivity contribution is 0.654. The maximum atomic E-state index is 11.6. The van der Waals surface area contributed by atoms with Crippen molar-refractivity contribution in [2.24, 2.45) is 0 Å². The van der Waals surface area contributed by atoms with Crippen molar-refractivity contribution < 1.29 is 0 Å².